The normalized spacial score (nSPS) is 10.5. The molecule has 0 saturated carbocycles. The van der Waals surface area contributed by atoms with E-state index in [0.717, 1.165) is 5.69 Å². The van der Waals surface area contributed by atoms with Crippen LogP contribution in [0.4, 0.5) is 11.5 Å². The van der Waals surface area contributed by atoms with Crippen LogP contribution >= 0.6 is 11.6 Å². The molecule has 6 heteroatoms. The van der Waals surface area contributed by atoms with E-state index < -0.39 is 5.97 Å². The molecule has 0 fully saturated rings. The average Bonchev–Trinajstić information content (AvgIpc) is 2.84. The molecule has 0 amide bonds. The maximum atomic E-state index is 11.6. The molecule has 0 aliphatic heterocycles. The number of hydrogen-bond donors (Lipinski definition) is 2. The zero-order valence-corrected chi connectivity index (χ0v) is 13.1. The Kier molecular flexibility index (Phi) is 4.04. The SMILES string of the molecule is Cc1c(C(=O)O)c(Nc2cccc(Cl)c2)nn1-c1ccccc1. The van der Waals surface area contributed by atoms with Crippen molar-refractivity contribution in [3.63, 3.8) is 0 Å². The highest BCUT2D eigenvalue weighted by Crippen LogP contribution is 2.26. The first-order valence-corrected chi connectivity index (χ1v) is 7.35. The third kappa shape index (κ3) is 3.05. The summed E-state index contributed by atoms with van der Waals surface area (Å²) in [5, 5.41) is 17.5. The summed E-state index contributed by atoms with van der Waals surface area (Å²) < 4.78 is 1.61. The van der Waals surface area contributed by atoms with Gasteiger partial charge in [-0.1, -0.05) is 35.9 Å². The second-order valence-electron chi connectivity index (χ2n) is 5.00. The van der Waals surface area contributed by atoms with E-state index in [4.69, 9.17) is 11.6 Å². The number of benzene rings is 2. The van der Waals surface area contributed by atoms with Crippen molar-refractivity contribution in [2.24, 2.45) is 0 Å². The number of carboxylic acid groups (broad SMARTS) is 1. The van der Waals surface area contributed by atoms with Crippen LogP contribution in [0.3, 0.4) is 0 Å². The van der Waals surface area contributed by atoms with Crippen LogP contribution in [0.5, 0.6) is 0 Å². The zero-order valence-electron chi connectivity index (χ0n) is 12.3. The van der Waals surface area contributed by atoms with E-state index in [-0.39, 0.29) is 11.4 Å². The Morgan fingerprint density at radius 1 is 1.17 bits per heavy atom. The number of carbonyl (C=O) groups is 1. The monoisotopic (exact) mass is 327 g/mol. The Morgan fingerprint density at radius 3 is 2.57 bits per heavy atom. The van der Waals surface area contributed by atoms with Gasteiger partial charge in [-0.15, -0.1) is 5.10 Å². The third-order valence-electron chi connectivity index (χ3n) is 3.42. The standard InChI is InChI=1S/C17H14ClN3O2/c1-11-15(17(22)23)16(19-13-7-5-6-12(18)10-13)20-21(11)14-8-3-2-4-9-14/h2-10H,1H3,(H,19,20)(H,22,23). The first-order chi connectivity index (χ1) is 11.1. The Hall–Kier alpha value is -2.79. The lowest BCUT2D eigenvalue weighted by molar-refractivity contribution is 0.0697. The van der Waals surface area contributed by atoms with Crippen LogP contribution in [0, 0.1) is 6.92 Å². The molecule has 5 nitrogen and oxygen atoms in total. The smallest absolute Gasteiger partial charge is 0.341 e. The fraction of sp³-hybridized carbons (Fsp3) is 0.0588. The molecule has 0 atom stereocenters. The zero-order chi connectivity index (χ0) is 16.4. The molecular formula is C17H14ClN3O2. The van der Waals surface area contributed by atoms with Crippen molar-refractivity contribution in [3.8, 4) is 5.69 Å². The number of halogens is 1. The molecule has 0 saturated heterocycles. The van der Waals surface area contributed by atoms with E-state index in [2.05, 4.69) is 10.4 Å². The van der Waals surface area contributed by atoms with Gasteiger partial charge in [0.25, 0.3) is 0 Å². The van der Waals surface area contributed by atoms with Crippen molar-refractivity contribution >= 4 is 29.1 Å². The fourth-order valence-corrected chi connectivity index (χ4v) is 2.56. The second kappa shape index (κ2) is 6.14. The van der Waals surface area contributed by atoms with Crippen molar-refractivity contribution in [1.82, 2.24) is 9.78 Å². The van der Waals surface area contributed by atoms with Crippen LogP contribution in [0.2, 0.25) is 5.02 Å². The van der Waals surface area contributed by atoms with Gasteiger partial charge in [-0.05, 0) is 37.3 Å². The number of rotatable bonds is 4. The van der Waals surface area contributed by atoms with Crippen LogP contribution in [-0.2, 0) is 0 Å². The average molecular weight is 328 g/mol. The maximum Gasteiger partial charge on any atom is 0.341 e. The van der Waals surface area contributed by atoms with E-state index in [1.54, 1.807) is 35.9 Å². The molecule has 0 radical (unpaired) electrons. The number of para-hydroxylation sites is 1. The van der Waals surface area contributed by atoms with Crippen molar-refractivity contribution in [1.29, 1.82) is 0 Å². The van der Waals surface area contributed by atoms with Crippen LogP contribution in [0.1, 0.15) is 16.1 Å². The lowest BCUT2D eigenvalue weighted by Gasteiger charge is -2.04. The highest BCUT2D eigenvalue weighted by atomic mass is 35.5. The molecule has 3 aromatic rings. The molecule has 23 heavy (non-hydrogen) atoms. The number of aromatic carboxylic acids is 1. The molecule has 0 unspecified atom stereocenters. The molecule has 0 aliphatic carbocycles. The molecule has 0 aliphatic rings. The molecule has 2 aromatic carbocycles. The van der Waals surface area contributed by atoms with E-state index in [0.29, 0.717) is 16.4 Å². The molecule has 116 valence electrons. The van der Waals surface area contributed by atoms with Gasteiger partial charge in [0.2, 0.25) is 0 Å². The topological polar surface area (TPSA) is 67.2 Å². The third-order valence-corrected chi connectivity index (χ3v) is 3.65. The summed E-state index contributed by atoms with van der Waals surface area (Å²) in [5.74, 6) is -0.754. The summed E-state index contributed by atoms with van der Waals surface area (Å²) in [6, 6.07) is 16.4. The van der Waals surface area contributed by atoms with Gasteiger partial charge in [0, 0.05) is 10.7 Å². The first-order valence-electron chi connectivity index (χ1n) is 6.97. The Bertz CT molecular complexity index is 860. The lowest BCUT2D eigenvalue weighted by Crippen LogP contribution is -2.03. The molecule has 1 aromatic heterocycles. The number of nitrogens with one attached hydrogen (secondary N) is 1. The van der Waals surface area contributed by atoms with E-state index >= 15 is 0 Å². The quantitative estimate of drug-likeness (QED) is 0.750. The van der Waals surface area contributed by atoms with Crippen molar-refractivity contribution in [3.05, 3.63) is 70.9 Å². The molecule has 2 N–H and O–H groups in total. The molecule has 0 bridgehead atoms. The predicted molar refractivity (Wildman–Crippen MR) is 90.0 cm³/mol. The number of aromatic nitrogens is 2. The highest BCUT2D eigenvalue weighted by Gasteiger charge is 2.21. The van der Waals surface area contributed by atoms with E-state index in [9.17, 15) is 9.90 Å². The summed E-state index contributed by atoms with van der Waals surface area (Å²) >= 11 is 5.96. The maximum absolute atomic E-state index is 11.6. The number of carboxylic acids is 1. The second-order valence-corrected chi connectivity index (χ2v) is 5.43. The Balaban J connectivity index is 2.08. The molecule has 3 rings (SSSR count). The molecule has 1 heterocycles. The van der Waals surface area contributed by atoms with Gasteiger partial charge in [-0.2, -0.15) is 0 Å². The van der Waals surface area contributed by atoms with Gasteiger partial charge in [0.1, 0.15) is 5.56 Å². The van der Waals surface area contributed by atoms with Gasteiger partial charge < -0.3 is 10.4 Å². The summed E-state index contributed by atoms with van der Waals surface area (Å²) in [7, 11) is 0. The summed E-state index contributed by atoms with van der Waals surface area (Å²) in [6.07, 6.45) is 0. The summed E-state index contributed by atoms with van der Waals surface area (Å²) in [5.41, 5.74) is 2.16. The van der Waals surface area contributed by atoms with E-state index in [1.165, 1.54) is 0 Å². The van der Waals surface area contributed by atoms with Gasteiger partial charge in [-0.3, -0.25) is 0 Å². The first kappa shape index (κ1) is 15.1. The van der Waals surface area contributed by atoms with Crippen molar-refractivity contribution < 1.29 is 9.90 Å². The van der Waals surface area contributed by atoms with Crippen molar-refractivity contribution in [2.45, 2.75) is 6.92 Å². The minimum atomic E-state index is -1.03. The highest BCUT2D eigenvalue weighted by molar-refractivity contribution is 6.30. The number of hydrogen-bond acceptors (Lipinski definition) is 3. The van der Waals surface area contributed by atoms with Gasteiger partial charge in [0.15, 0.2) is 5.82 Å². The molecule has 0 spiro atoms. The summed E-state index contributed by atoms with van der Waals surface area (Å²) in [4.78, 5) is 11.6. The van der Waals surface area contributed by atoms with Crippen LogP contribution in [-0.4, -0.2) is 20.9 Å². The van der Waals surface area contributed by atoms with Crippen molar-refractivity contribution in [2.75, 3.05) is 5.32 Å². The summed E-state index contributed by atoms with van der Waals surface area (Å²) in [6.45, 7) is 1.73. The predicted octanol–water partition coefficient (Wildman–Crippen LogP) is 4.28. The van der Waals surface area contributed by atoms with E-state index in [1.807, 2.05) is 30.3 Å². The largest absolute Gasteiger partial charge is 0.477 e. The molecular weight excluding hydrogens is 314 g/mol. The van der Waals surface area contributed by atoms with Crippen LogP contribution < -0.4 is 5.32 Å². The lowest BCUT2D eigenvalue weighted by atomic mass is 10.2. The fourth-order valence-electron chi connectivity index (χ4n) is 2.37. The van der Waals surface area contributed by atoms with Gasteiger partial charge in [-0.25, -0.2) is 9.48 Å². The van der Waals surface area contributed by atoms with Crippen LogP contribution in [0.25, 0.3) is 5.69 Å². The Labute approximate surface area is 138 Å². The van der Waals surface area contributed by atoms with Gasteiger partial charge >= 0.3 is 5.97 Å². The number of anilines is 2. The number of nitrogens with zero attached hydrogens (tertiary/aromatic N) is 2. The minimum Gasteiger partial charge on any atom is -0.477 e. The van der Waals surface area contributed by atoms with Gasteiger partial charge in [0.05, 0.1) is 11.4 Å². The minimum absolute atomic E-state index is 0.133. The Morgan fingerprint density at radius 2 is 1.91 bits per heavy atom. The van der Waals surface area contributed by atoms with Crippen LogP contribution in [0.15, 0.2) is 54.6 Å².